The first-order valence-corrected chi connectivity index (χ1v) is 7.44. The number of amides is 2. The maximum Gasteiger partial charge on any atom is 0.246 e. The van der Waals surface area contributed by atoms with Crippen LogP contribution in [0.5, 0.6) is 0 Å². The Morgan fingerprint density at radius 3 is 2.40 bits per heavy atom. The molecule has 0 bridgehead atoms. The van der Waals surface area contributed by atoms with Gasteiger partial charge in [-0.3, -0.25) is 9.59 Å². The van der Waals surface area contributed by atoms with Crippen molar-refractivity contribution in [2.24, 2.45) is 5.41 Å². The Kier molecular flexibility index (Phi) is 4.09. The lowest BCUT2D eigenvalue weighted by atomic mass is 9.80. The lowest BCUT2D eigenvalue weighted by Crippen LogP contribution is -2.72. The summed E-state index contributed by atoms with van der Waals surface area (Å²) < 4.78 is 5.13. The van der Waals surface area contributed by atoms with E-state index in [1.807, 2.05) is 20.8 Å². The molecule has 2 rings (SSSR count). The lowest BCUT2D eigenvalue weighted by molar-refractivity contribution is -0.161. The second kappa shape index (κ2) is 5.35. The number of hydrogen-bond donors (Lipinski definition) is 1. The summed E-state index contributed by atoms with van der Waals surface area (Å²) in [4.78, 5) is 27.3. The van der Waals surface area contributed by atoms with Crippen LogP contribution in [-0.4, -0.2) is 48.6 Å². The molecule has 1 saturated heterocycles. The van der Waals surface area contributed by atoms with Gasteiger partial charge in [-0.05, 0) is 18.3 Å². The standard InChI is InChI=1S/C15H26N2O3/c1-14(2,3)11-12(18)17(9-10-20-4)15(13(19)16-11)7-5-6-8-15/h11H,5-10H2,1-4H3,(H,16,19). The molecular formula is C15H26N2O3. The van der Waals surface area contributed by atoms with Crippen molar-refractivity contribution in [3.63, 3.8) is 0 Å². The molecule has 0 aromatic heterocycles. The molecule has 0 radical (unpaired) electrons. The average Bonchev–Trinajstić information content (AvgIpc) is 2.83. The fourth-order valence-electron chi connectivity index (χ4n) is 3.37. The zero-order valence-electron chi connectivity index (χ0n) is 13.0. The summed E-state index contributed by atoms with van der Waals surface area (Å²) in [5.41, 5.74) is -0.907. The first-order chi connectivity index (χ1) is 9.33. The molecule has 1 saturated carbocycles. The molecule has 20 heavy (non-hydrogen) atoms. The SMILES string of the molecule is COCCN1C(=O)C(C(C)(C)C)NC(=O)C12CCCC2. The van der Waals surface area contributed by atoms with E-state index in [0.29, 0.717) is 13.2 Å². The summed E-state index contributed by atoms with van der Waals surface area (Å²) in [6.07, 6.45) is 3.55. The number of piperazine rings is 1. The third-order valence-electron chi connectivity index (χ3n) is 4.54. The molecule has 5 nitrogen and oxygen atoms in total. The van der Waals surface area contributed by atoms with Crippen molar-refractivity contribution in [1.82, 2.24) is 10.2 Å². The number of nitrogens with zero attached hydrogens (tertiary/aromatic N) is 1. The van der Waals surface area contributed by atoms with Crippen molar-refractivity contribution in [3.05, 3.63) is 0 Å². The molecule has 0 aromatic carbocycles. The number of ether oxygens (including phenoxy) is 1. The van der Waals surface area contributed by atoms with Crippen LogP contribution in [0.1, 0.15) is 46.5 Å². The summed E-state index contributed by atoms with van der Waals surface area (Å²) in [5.74, 6) is 0.0571. The highest BCUT2D eigenvalue weighted by Gasteiger charge is 2.55. The van der Waals surface area contributed by atoms with Gasteiger partial charge in [-0.2, -0.15) is 0 Å². The molecule has 2 amide bonds. The third-order valence-corrected chi connectivity index (χ3v) is 4.54. The maximum absolute atomic E-state index is 12.8. The quantitative estimate of drug-likeness (QED) is 0.849. The number of carbonyl (C=O) groups excluding carboxylic acids is 2. The third kappa shape index (κ3) is 2.43. The Hall–Kier alpha value is -1.10. The minimum Gasteiger partial charge on any atom is -0.383 e. The van der Waals surface area contributed by atoms with Crippen LogP contribution in [0, 0.1) is 5.41 Å². The van der Waals surface area contributed by atoms with Gasteiger partial charge in [0.15, 0.2) is 0 Å². The van der Waals surface area contributed by atoms with Crippen LogP contribution < -0.4 is 5.32 Å². The van der Waals surface area contributed by atoms with E-state index < -0.39 is 11.6 Å². The molecule has 1 aliphatic heterocycles. The molecule has 5 heteroatoms. The zero-order valence-corrected chi connectivity index (χ0v) is 13.0. The Morgan fingerprint density at radius 1 is 1.30 bits per heavy atom. The second-order valence-corrected chi connectivity index (χ2v) is 6.99. The molecule has 1 atom stereocenters. The topological polar surface area (TPSA) is 58.6 Å². The minimum atomic E-state index is -0.628. The molecule has 1 heterocycles. The van der Waals surface area contributed by atoms with Gasteiger partial charge in [0, 0.05) is 13.7 Å². The van der Waals surface area contributed by atoms with Gasteiger partial charge >= 0.3 is 0 Å². The van der Waals surface area contributed by atoms with Crippen molar-refractivity contribution in [2.45, 2.75) is 58.0 Å². The van der Waals surface area contributed by atoms with Crippen LogP contribution in [0.15, 0.2) is 0 Å². The van der Waals surface area contributed by atoms with E-state index in [2.05, 4.69) is 5.32 Å². The van der Waals surface area contributed by atoms with E-state index in [4.69, 9.17) is 4.74 Å². The number of methoxy groups -OCH3 is 1. The Balaban J connectivity index is 2.31. The van der Waals surface area contributed by atoms with Crippen molar-refractivity contribution in [2.75, 3.05) is 20.3 Å². The smallest absolute Gasteiger partial charge is 0.246 e. The molecular weight excluding hydrogens is 256 g/mol. The lowest BCUT2D eigenvalue weighted by Gasteiger charge is -2.49. The summed E-state index contributed by atoms with van der Waals surface area (Å²) in [5, 5.41) is 2.97. The summed E-state index contributed by atoms with van der Waals surface area (Å²) in [6, 6.07) is -0.446. The summed E-state index contributed by atoms with van der Waals surface area (Å²) in [6.45, 7) is 6.91. The van der Waals surface area contributed by atoms with Gasteiger partial charge in [0.1, 0.15) is 11.6 Å². The highest BCUT2D eigenvalue weighted by molar-refractivity contribution is 6.00. The largest absolute Gasteiger partial charge is 0.383 e. The monoisotopic (exact) mass is 282 g/mol. The highest BCUT2D eigenvalue weighted by atomic mass is 16.5. The predicted octanol–water partition coefficient (Wildman–Crippen LogP) is 1.32. The number of nitrogens with one attached hydrogen (secondary N) is 1. The normalized spacial score (nSPS) is 26.2. The fraction of sp³-hybridized carbons (Fsp3) is 0.867. The van der Waals surface area contributed by atoms with E-state index in [9.17, 15) is 9.59 Å². The molecule has 1 spiro atoms. The van der Waals surface area contributed by atoms with Gasteiger partial charge in [-0.15, -0.1) is 0 Å². The van der Waals surface area contributed by atoms with Gasteiger partial charge in [0.2, 0.25) is 11.8 Å². The van der Waals surface area contributed by atoms with E-state index in [-0.39, 0.29) is 17.2 Å². The predicted molar refractivity (Wildman–Crippen MR) is 76.2 cm³/mol. The Labute approximate surface area is 121 Å². The van der Waals surface area contributed by atoms with E-state index >= 15 is 0 Å². The van der Waals surface area contributed by atoms with Crippen LogP contribution in [0.25, 0.3) is 0 Å². The van der Waals surface area contributed by atoms with Gasteiger partial charge in [-0.1, -0.05) is 33.6 Å². The maximum atomic E-state index is 12.8. The van der Waals surface area contributed by atoms with Crippen LogP contribution in [0.2, 0.25) is 0 Å². The second-order valence-electron chi connectivity index (χ2n) is 6.99. The van der Waals surface area contributed by atoms with Crippen LogP contribution in [-0.2, 0) is 14.3 Å². The van der Waals surface area contributed by atoms with Gasteiger partial charge in [0.25, 0.3) is 0 Å². The van der Waals surface area contributed by atoms with Crippen LogP contribution >= 0.6 is 0 Å². The van der Waals surface area contributed by atoms with Gasteiger partial charge in [-0.25, -0.2) is 0 Å². The van der Waals surface area contributed by atoms with E-state index in [1.165, 1.54) is 0 Å². The average molecular weight is 282 g/mol. The molecule has 1 unspecified atom stereocenters. The first kappa shape index (κ1) is 15.3. The van der Waals surface area contributed by atoms with Crippen molar-refractivity contribution in [1.29, 1.82) is 0 Å². The van der Waals surface area contributed by atoms with Gasteiger partial charge < -0.3 is 15.0 Å². The van der Waals surface area contributed by atoms with E-state index in [1.54, 1.807) is 12.0 Å². The molecule has 0 aromatic rings. The fourth-order valence-corrected chi connectivity index (χ4v) is 3.37. The first-order valence-electron chi connectivity index (χ1n) is 7.44. The van der Waals surface area contributed by atoms with Gasteiger partial charge in [0.05, 0.1) is 6.61 Å². The highest BCUT2D eigenvalue weighted by Crippen LogP contribution is 2.40. The minimum absolute atomic E-state index is 0.0191. The molecule has 1 aliphatic carbocycles. The molecule has 114 valence electrons. The Bertz CT molecular complexity index is 394. The summed E-state index contributed by atoms with van der Waals surface area (Å²) in [7, 11) is 1.62. The molecule has 2 aliphatic rings. The summed E-state index contributed by atoms with van der Waals surface area (Å²) >= 11 is 0. The number of carbonyl (C=O) groups is 2. The number of rotatable bonds is 3. The zero-order chi connectivity index (χ0) is 15.0. The van der Waals surface area contributed by atoms with Crippen LogP contribution in [0.3, 0.4) is 0 Å². The van der Waals surface area contributed by atoms with E-state index in [0.717, 1.165) is 25.7 Å². The van der Waals surface area contributed by atoms with Crippen LogP contribution in [0.4, 0.5) is 0 Å². The van der Waals surface area contributed by atoms with Crippen molar-refractivity contribution >= 4 is 11.8 Å². The van der Waals surface area contributed by atoms with Crippen molar-refractivity contribution in [3.8, 4) is 0 Å². The molecule has 2 fully saturated rings. The number of hydrogen-bond acceptors (Lipinski definition) is 3. The van der Waals surface area contributed by atoms with Crippen molar-refractivity contribution < 1.29 is 14.3 Å². The molecule has 1 N–H and O–H groups in total. The Morgan fingerprint density at radius 2 is 1.90 bits per heavy atom.